The molecule has 4 nitrogen and oxygen atoms in total. The maximum atomic E-state index is 11.0. The highest BCUT2D eigenvalue weighted by Crippen LogP contribution is 2.29. The third-order valence-corrected chi connectivity index (χ3v) is 3.22. The van der Waals surface area contributed by atoms with Gasteiger partial charge in [-0.3, -0.25) is 9.59 Å². The Balaban J connectivity index is 3.30. The van der Waals surface area contributed by atoms with Gasteiger partial charge in [0, 0.05) is 4.47 Å². The monoisotopic (exact) mass is 300 g/mol. The van der Waals surface area contributed by atoms with Gasteiger partial charge in [-0.25, -0.2) is 0 Å². The van der Waals surface area contributed by atoms with E-state index in [1.807, 2.05) is 0 Å². The van der Waals surface area contributed by atoms with Crippen molar-refractivity contribution in [2.75, 3.05) is 0 Å². The third kappa shape index (κ3) is 3.06. The number of aliphatic carboxylic acids is 2. The second-order valence-corrected chi connectivity index (χ2v) is 4.81. The Kier molecular flexibility index (Phi) is 4.28. The minimum absolute atomic E-state index is 0.529. The number of hydrogen-bond donors (Lipinski definition) is 2. The van der Waals surface area contributed by atoms with E-state index >= 15 is 0 Å². The Morgan fingerprint density at radius 3 is 2.00 bits per heavy atom. The highest BCUT2D eigenvalue weighted by Gasteiger charge is 2.23. The highest BCUT2D eigenvalue weighted by molar-refractivity contribution is 9.10. The van der Waals surface area contributed by atoms with E-state index in [1.165, 1.54) is 0 Å². The predicted molar refractivity (Wildman–Crippen MR) is 66.2 cm³/mol. The molecule has 0 saturated carbocycles. The SMILES string of the molecule is CC(C(=O)O)c1ccc(Br)cc1C(C)C(=O)O. The van der Waals surface area contributed by atoms with E-state index in [0.717, 1.165) is 4.47 Å². The molecule has 2 N–H and O–H groups in total. The maximum Gasteiger partial charge on any atom is 0.310 e. The lowest BCUT2D eigenvalue weighted by molar-refractivity contribution is -0.140. The Bertz CT molecular complexity index is 456. The van der Waals surface area contributed by atoms with Crippen LogP contribution in [0.1, 0.15) is 36.8 Å². The van der Waals surface area contributed by atoms with Gasteiger partial charge < -0.3 is 10.2 Å². The van der Waals surface area contributed by atoms with Gasteiger partial charge in [-0.1, -0.05) is 22.0 Å². The molecule has 0 heterocycles. The Morgan fingerprint density at radius 2 is 1.53 bits per heavy atom. The molecule has 92 valence electrons. The van der Waals surface area contributed by atoms with Gasteiger partial charge in [0.15, 0.2) is 0 Å². The van der Waals surface area contributed by atoms with Gasteiger partial charge in [0.05, 0.1) is 11.8 Å². The average molecular weight is 301 g/mol. The van der Waals surface area contributed by atoms with E-state index in [4.69, 9.17) is 10.2 Å². The highest BCUT2D eigenvalue weighted by atomic mass is 79.9. The summed E-state index contributed by atoms with van der Waals surface area (Å²) in [5, 5.41) is 18.0. The summed E-state index contributed by atoms with van der Waals surface area (Å²) < 4.78 is 0.738. The molecule has 17 heavy (non-hydrogen) atoms. The van der Waals surface area contributed by atoms with Crippen LogP contribution in [0, 0.1) is 0 Å². The minimum atomic E-state index is -0.970. The third-order valence-electron chi connectivity index (χ3n) is 2.72. The first-order valence-corrected chi connectivity index (χ1v) is 5.88. The lowest BCUT2D eigenvalue weighted by Crippen LogP contribution is -2.15. The summed E-state index contributed by atoms with van der Waals surface area (Å²) in [5.41, 5.74) is 1.07. The van der Waals surface area contributed by atoms with Gasteiger partial charge in [0.1, 0.15) is 0 Å². The van der Waals surface area contributed by atoms with Crippen molar-refractivity contribution in [3.63, 3.8) is 0 Å². The molecule has 2 atom stereocenters. The van der Waals surface area contributed by atoms with Crippen molar-refractivity contribution in [3.8, 4) is 0 Å². The molecule has 0 bridgehead atoms. The summed E-state index contributed by atoms with van der Waals surface area (Å²) in [6.07, 6.45) is 0. The van der Waals surface area contributed by atoms with Crippen LogP contribution in [0.15, 0.2) is 22.7 Å². The average Bonchev–Trinajstić information content (AvgIpc) is 2.26. The molecule has 0 aromatic heterocycles. The van der Waals surface area contributed by atoms with Gasteiger partial charge >= 0.3 is 11.9 Å². The fourth-order valence-corrected chi connectivity index (χ4v) is 1.96. The number of carboxylic acid groups (broad SMARTS) is 2. The molecule has 0 saturated heterocycles. The maximum absolute atomic E-state index is 11.0. The van der Waals surface area contributed by atoms with Crippen molar-refractivity contribution < 1.29 is 19.8 Å². The van der Waals surface area contributed by atoms with Crippen molar-refractivity contribution in [1.29, 1.82) is 0 Å². The van der Waals surface area contributed by atoms with E-state index in [2.05, 4.69) is 15.9 Å². The summed E-state index contributed by atoms with van der Waals surface area (Å²) in [5.74, 6) is -3.39. The second kappa shape index (κ2) is 5.31. The number of carbonyl (C=O) groups is 2. The molecule has 1 aromatic carbocycles. The number of benzene rings is 1. The molecule has 5 heteroatoms. The number of hydrogen-bond acceptors (Lipinski definition) is 2. The normalized spacial score (nSPS) is 14.1. The topological polar surface area (TPSA) is 74.6 Å². The fraction of sp³-hybridized carbons (Fsp3) is 0.333. The van der Waals surface area contributed by atoms with Crippen LogP contribution in [0.2, 0.25) is 0 Å². The first-order valence-electron chi connectivity index (χ1n) is 5.09. The van der Waals surface area contributed by atoms with Crippen LogP contribution in [0.4, 0.5) is 0 Å². The Labute approximate surface area is 107 Å². The molecular weight excluding hydrogens is 288 g/mol. The largest absolute Gasteiger partial charge is 0.481 e. The molecule has 0 spiro atoms. The fourth-order valence-electron chi connectivity index (χ4n) is 1.58. The van der Waals surface area contributed by atoms with Gasteiger partial charge in [0.2, 0.25) is 0 Å². The zero-order chi connectivity index (χ0) is 13.2. The van der Waals surface area contributed by atoms with Crippen LogP contribution < -0.4 is 0 Å². The summed E-state index contributed by atoms with van der Waals surface area (Å²) in [4.78, 5) is 22.0. The van der Waals surface area contributed by atoms with E-state index in [-0.39, 0.29) is 0 Å². The van der Waals surface area contributed by atoms with Gasteiger partial charge in [-0.05, 0) is 37.1 Å². The standard InChI is InChI=1S/C12H13BrO4/c1-6(11(14)15)9-4-3-8(13)5-10(9)7(2)12(16)17/h3-7H,1-2H3,(H,14,15)(H,16,17). The summed E-state index contributed by atoms with van der Waals surface area (Å²) >= 11 is 3.26. The molecule has 1 rings (SSSR count). The lowest BCUT2D eigenvalue weighted by Gasteiger charge is -2.16. The molecule has 1 aromatic rings. The molecule has 0 radical (unpaired) electrons. The summed E-state index contributed by atoms with van der Waals surface area (Å²) in [7, 11) is 0. The van der Waals surface area contributed by atoms with Crippen LogP contribution in [0.3, 0.4) is 0 Å². The van der Waals surface area contributed by atoms with E-state index in [0.29, 0.717) is 11.1 Å². The molecule has 2 unspecified atom stereocenters. The van der Waals surface area contributed by atoms with Crippen molar-refractivity contribution >= 4 is 27.9 Å². The molecule has 0 aliphatic rings. The predicted octanol–water partition coefficient (Wildman–Crippen LogP) is 2.83. The first-order chi connectivity index (χ1) is 7.84. The van der Waals surface area contributed by atoms with Crippen LogP contribution in [-0.2, 0) is 9.59 Å². The smallest absolute Gasteiger partial charge is 0.310 e. The van der Waals surface area contributed by atoms with Crippen LogP contribution >= 0.6 is 15.9 Å². The van der Waals surface area contributed by atoms with E-state index in [1.54, 1.807) is 32.0 Å². The zero-order valence-electron chi connectivity index (χ0n) is 9.48. The second-order valence-electron chi connectivity index (χ2n) is 3.89. The molecule has 0 aliphatic heterocycles. The molecule has 0 aliphatic carbocycles. The number of carboxylic acids is 2. The summed E-state index contributed by atoms with van der Waals surface area (Å²) in [6, 6.07) is 5.03. The molecule has 0 amide bonds. The van der Waals surface area contributed by atoms with Gasteiger partial charge in [-0.15, -0.1) is 0 Å². The van der Waals surface area contributed by atoms with Crippen LogP contribution in [-0.4, -0.2) is 22.2 Å². The Morgan fingerprint density at radius 1 is 1.06 bits per heavy atom. The minimum Gasteiger partial charge on any atom is -0.481 e. The van der Waals surface area contributed by atoms with E-state index in [9.17, 15) is 9.59 Å². The van der Waals surface area contributed by atoms with Crippen LogP contribution in [0.25, 0.3) is 0 Å². The number of rotatable bonds is 4. The van der Waals surface area contributed by atoms with Crippen molar-refractivity contribution in [2.45, 2.75) is 25.7 Å². The molecular formula is C12H13BrO4. The van der Waals surface area contributed by atoms with Gasteiger partial charge in [-0.2, -0.15) is 0 Å². The van der Waals surface area contributed by atoms with E-state index < -0.39 is 23.8 Å². The lowest BCUT2D eigenvalue weighted by atomic mass is 9.89. The number of halogens is 1. The van der Waals surface area contributed by atoms with Crippen molar-refractivity contribution in [2.24, 2.45) is 0 Å². The van der Waals surface area contributed by atoms with Crippen LogP contribution in [0.5, 0.6) is 0 Å². The summed E-state index contributed by atoms with van der Waals surface area (Å²) in [6.45, 7) is 3.09. The quantitative estimate of drug-likeness (QED) is 0.896. The zero-order valence-corrected chi connectivity index (χ0v) is 11.1. The first kappa shape index (κ1) is 13.7. The Hall–Kier alpha value is -1.36. The van der Waals surface area contributed by atoms with Crippen molar-refractivity contribution in [3.05, 3.63) is 33.8 Å². The van der Waals surface area contributed by atoms with Gasteiger partial charge in [0.25, 0.3) is 0 Å². The van der Waals surface area contributed by atoms with Crippen molar-refractivity contribution in [1.82, 2.24) is 0 Å². The molecule has 0 fully saturated rings.